The van der Waals surface area contributed by atoms with Crippen molar-refractivity contribution in [1.82, 2.24) is 0 Å². The Bertz CT molecular complexity index is 379. The van der Waals surface area contributed by atoms with E-state index in [-0.39, 0.29) is 11.7 Å². The van der Waals surface area contributed by atoms with E-state index in [4.69, 9.17) is 9.47 Å². The normalized spacial score (nSPS) is 20.2. The average molecular weight is 243 g/mol. The fourth-order valence-electron chi connectivity index (χ4n) is 1.62. The summed E-state index contributed by atoms with van der Waals surface area (Å²) in [5, 5.41) is 2.76. The first-order valence-corrected chi connectivity index (χ1v) is 5.46. The van der Waals surface area contributed by atoms with E-state index in [2.05, 4.69) is 5.32 Å². The van der Waals surface area contributed by atoms with Crippen LogP contribution in [-0.2, 0) is 9.47 Å². The molecule has 3 nitrogen and oxygen atoms in total. The topological polar surface area (TPSA) is 30.5 Å². The summed E-state index contributed by atoms with van der Waals surface area (Å²) in [5.74, 6) is -1.86. The number of nitrogens with one attached hydrogen (secondary N) is 1. The largest absolute Gasteiger partial charge is 0.373 e. The van der Waals surface area contributed by atoms with Gasteiger partial charge in [-0.1, -0.05) is 6.07 Å². The van der Waals surface area contributed by atoms with Crippen LogP contribution in [-0.4, -0.2) is 25.0 Å². The second-order valence-electron chi connectivity index (χ2n) is 4.46. The van der Waals surface area contributed by atoms with Crippen molar-refractivity contribution in [2.45, 2.75) is 25.7 Å². The molecule has 0 spiro atoms. The Labute approximate surface area is 98.7 Å². The molecule has 1 fully saturated rings. The molecule has 1 aliphatic rings. The zero-order valence-electron chi connectivity index (χ0n) is 9.80. The summed E-state index contributed by atoms with van der Waals surface area (Å²) < 4.78 is 37.5. The van der Waals surface area contributed by atoms with Crippen LogP contribution in [0.15, 0.2) is 18.2 Å². The van der Waals surface area contributed by atoms with Gasteiger partial charge in [-0.25, -0.2) is 8.78 Å². The molecule has 17 heavy (non-hydrogen) atoms. The molecule has 94 valence electrons. The van der Waals surface area contributed by atoms with Crippen LogP contribution < -0.4 is 5.32 Å². The zero-order valence-corrected chi connectivity index (χ0v) is 9.80. The van der Waals surface area contributed by atoms with Crippen LogP contribution in [0.2, 0.25) is 0 Å². The van der Waals surface area contributed by atoms with Crippen LogP contribution in [0.1, 0.15) is 13.8 Å². The predicted octanol–water partition coefficient (Wildman–Crippen LogP) is 2.53. The lowest BCUT2D eigenvalue weighted by Crippen LogP contribution is -2.45. The van der Waals surface area contributed by atoms with E-state index in [0.29, 0.717) is 13.2 Å². The Hall–Kier alpha value is -1.20. The van der Waals surface area contributed by atoms with Crippen LogP contribution >= 0.6 is 0 Å². The Morgan fingerprint density at radius 1 is 1.18 bits per heavy atom. The SMILES string of the molecule is CC1(C)OCC(Nc2c(F)cccc2F)CO1. The van der Waals surface area contributed by atoms with Gasteiger partial charge in [0.05, 0.1) is 19.3 Å². The minimum atomic E-state index is -0.633. The Morgan fingerprint density at radius 2 is 1.71 bits per heavy atom. The zero-order chi connectivity index (χ0) is 12.5. The van der Waals surface area contributed by atoms with Crippen molar-refractivity contribution >= 4 is 5.69 Å². The highest BCUT2D eigenvalue weighted by atomic mass is 19.1. The van der Waals surface area contributed by atoms with Gasteiger partial charge in [-0.15, -0.1) is 0 Å². The highest BCUT2D eigenvalue weighted by molar-refractivity contribution is 5.47. The minimum Gasteiger partial charge on any atom is -0.373 e. The van der Waals surface area contributed by atoms with E-state index in [1.165, 1.54) is 18.2 Å². The molecule has 0 unspecified atom stereocenters. The van der Waals surface area contributed by atoms with Crippen LogP contribution in [0, 0.1) is 11.6 Å². The molecule has 0 radical (unpaired) electrons. The van der Waals surface area contributed by atoms with Gasteiger partial charge >= 0.3 is 0 Å². The van der Waals surface area contributed by atoms with Gasteiger partial charge in [0, 0.05) is 0 Å². The van der Waals surface area contributed by atoms with Crippen molar-refractivity contribution in [2.24, 2.45) is 0 Å². The van der Waals surface area contributed by atoms with Crippen molar-refractivity contribution in [3.63, 3.8) is 0 Å². The van der Waals surface area contributed by atoms with Crippen molar-refractivity contribution in [2.75, 3.05) is 18.5 Å². The molecule has 0 aliphatic carbocycles. The fraction of sp³-hybridized carbons (Fsp3) is 0.500. The predicted molar refractivity (Wildman–Crippen MR) is 59.8 cm³/mol. The van der Waals surface area contributed by atoms with E-state index in [1.54, 1.807) is 13.8 Å². The summed E-state index contributed by atoms with van der Waals surface area (Å²) in [6.07, 6.45) is 0. The number of rotatable bonds is 2. The van der Waals surface area contributed by atoms with Gasteiger partial charge in [0.1, 0.15) is 17.3 Å². The molecule has 1 aromatic rings. The molecule has 2 rings (SSSR count). The van der Waals surface area contributed by atoms with Crippen LogP contribution in [0.3, 0.4) is 0 Å². The summed E-state index contributed by atoms with van der Waals surface area (Å²) in [5.41, 5.74) is -0.135. The molecule has 0 bridgehead atoms. The third-order valence-corrected chi connectivity index (χ3v) is 2.58. The monoisotopic (exact) mass is 243 g/mol. The summed E-state index contributed by atoms with van der Waals surface area (Å²) in [6, 6.07) is 3.49. The maximum Gasteiger partial charge on any atom is 0.162 e. The summed E-state index contributed by atoms with van der Waals surface area (Å²) in [7, 11) is 0. The van der Waals surface area contributed by atoms with E-state index < -0.39 is 17.4 Å². The fourth-order valence-corrected chi connectivity index (χ4v) is 1.62. The second-order valence-corrected chi connectivity index (χ2v) is 4.46. The smallest absolute Gasteiger partial charge is 0.162 e. The lowest BCUT2D eigenvalue weighted by molar-refractivity contribution is -0.247. The first kappa shape index (κ1) is 12.3. The Balaban J connectivity index is 2.03. The number of para-hydroxylation sites is 1. The molecular weight excluding hydrogens is 228 g/mol. The number of hydrogen-bond donors (Lipinski definition) is 1. The van der Waals surface area contributed by atoms with Crippen molar-refractivity contribution < 1.29 is 18.3 Å². The van der Waals surface area contributed by atoms with Gasteiger partial charge in [-0.3, -0.25) is 0 Å². The molecule has 1 heterocycles. The van der Waals surface area contributed by atoms with Crippen molar-refractivity contribution in [3.05, 3.63) is 29.8 Å². The molecule has 1 aromatic carbocycles. The van der Waals surface area contributed by atoms with Crippen LogP contribution in [0.5, 0.6) is 0 Å². The minimum absolute atomic E-state index is 0.135. The molecule has 5 heteroatoms. The van der Waals surface area contributed by atoms with E-state index in [1.807, 2.05) is 0 Å². The standard InChI is InChI=1S/C12H15F2NO2/c1-12(2)16-6-8(7-17-12)15-11-9(13)4-3-5-10(11)14/h3-5,8,15H,6-7H2,1-2H3. The number of benzene rings is 1. The third kappa shape index (κ3) is 2.92. The number of anilines is 1. The highest BCUT2D eigenvalue weighted by Gasteiger charge is 2.28. The first-order chi connectivity index (χ1) is 7.98. The molecule has 0 saturated carbocycles. The van der Waals surface area contributed by atoms with Gasteiger partial charge in [0.15, 0.2) is 5.79 Å². The van der Waals surface area contributed by atoms with Gasteiger partial charge in [-0.2, -0.15) is 0 Å². The number of ether oxygens (including phenoxy) is 2. The second kappa shape index (κ2) is 4.58. The van der Waals surface area contributed by atoms with Crippen LogP contribution in [0.4, 0.5) is 14.5 Å². The molecule has 0 atom stereocenters. The Kier molecular flexibility index (Phi) is 3.31. The number of hydrogen-bond acceptors (Lipinski definition) is 3. The molecular formula is C12H15F2NO2. The highest BCUT2D eigenvalue weighted by Crippen LogP contribution is 2.22. The average Bonchev–Trinajstić information content (AvgIpc) is 2.26. The molecule has 0 amide bonds. The summed E-state index contributed by atoms with van der Waals surface area (Å²) in [4.78, 5) is 0. The van der Waals surface area contributed by atoms with Gasteiger partial charge < -0.3 is 14.8 Å². The van der Waals surface area contributed by atoms with E-state index in [0.717, 1.165) is 0 Å². The van der Waals surface area contributed by atoms with Crippen LogP contribution in [0.25, 0.3) is 0 Å². The van der Waals surface area contributed by atoms with E-state index >= 15 is 0 Å². The quantitative estimate of drug-likeness (QED) is 0.865. The maximum absolute atomic E-state index is 13.4. The van der Waals surface area contributed by atoms with Gasteiger partial charge in [0.25, 0.3) is 0 Å². The molecule has 1 saturated heterocycles. The molecule has 1 N–H and O–H groups in total. The summed E-state index contributed by atoms with van der Waals surface area (Å²) >= 11 is 0. The maximum atomic E-state index is 13.4. The molecule has 0 aromatic heterocycles. The van der Waals surface area contributed by atoms with Crippen molar-refractivity contribution in [3.8, 4) is 0 Å². The van der Waals surface area contributed by atoms with Gasteiger partial charge in [0.2, 0.25) is 0 Å². The lowest BCUT2D eigenvalue weighted by atomic mass is 10.2. The van der Waals surface area contributed by atoms with Gasteiger partial charge in [-0.05, 0) is 26.0 Å². The molecule has 1 aliphatic heterocycles. The number of halogens is 2. The lowest BCUT2D eigenvalue weighted by Gasteiger charge is -2.35. The summed E-state index contributed by atoms with van der Waals surface area (Å²) in [6.45, 7) is 4.29. The van der Waals surface area contributed by atoms with Crippen molar-refractivity contribution in [1.29, 1.82) is 0 Å². The Morgan fingerprint density at radius 3 is 2.24 bits per heavy atom. The third-order valence-electron chi connectivity index (χ3n) is 2.58. The first-order valence-electron chi connectivity index (χ1n) is 5.46. The van der Waals surface area contributed by atoms with E-state index in [9.17, 15) is 8.78 Å².